The minimum atomic E-state index is -3.49. The second kappa shape index (κ2) is 5.70. The Hall–Kier alpha value is -1.41. The predicted molar refractivity (Wildman–Crippen MR) is 68.4 cm³/mol. The fraction of sp³-hybridized carbons (Fsp3) is 0.636. The molecule has 1 rings (SSSR count). The second-order valence-corrected chi connectivity index (χ2v) is 6.63. The minimum absolute atomic E-state index is 0.0114. The van der Waals surface area contributed by atoms with E-state index < -0.39 is 22.0 Å². The van der Waals surface area contributed by atoms with Gasteiger partial charge in [0.15, 0.2) is 5.76 Å². The van der Waals surface area contributed by atoms with Crippen molar-refractivity contribution in [2.75, 3.05) is 5.75 Å². The van der Waals surface area contributed by atoms with Crippen LogP contribution in [0.5, 0.6) is 0 Å². The summed E-state index contributed by atoms with van der Waals surface area (Å²) in [6, 6.07) is -0.781. The molecule has 0 bridgehead atoms. The van der Waals surface area contributed by atoms with Gasteiger partial charge in [0.05, 0.1) is 17.5 Å². The van der Waals surface area contributed by atoms with E-state index in [0.717, 1.165) is 0 Å². The molecule has 0 aliphatic heterocycles. The number of aromatic nitrogens is 1. The van der Waals surface area contributed by atoms with E-state index in [1.165, 1.54) is 13.8 Å². The molecule has 2 N–H and O–H groups in total. The summed E-state index contributed by atoms with van der Waals surface area (Å²) in [7, 11) is -3.49. The number of carboxylic acids is 1. The maximum Gasteiger partial charge on any atom is 0.341 e. The van der Waals surface area contributed by atoms with Crippen LogP contribution in [0, 0.1) is 12.8 Å². The number of aryl methyl sites for hydroxylation is 1. The molecule has 8 heteroatoms. The lowest BCUT2D eigenvalue weighted by atomic mass is 10.1. The highest BCUT2D eigenvalue weighted by Crippen LogP contribution is 2.21. The van der Waals surface area contributed by atoms with Crippen LogP contribution in [0.4, 0.5) is 0 Å². The largest absolute Gasteiger partial charge is 0.477 e. The summed E-state index contributed by atoms with van der Waals surface area (Å²) < 4.78 is 30.9. The van der Waals surface area contributed by atoms with E-state index >= 15 is 0 Å². The maximum absolute atomic E-state index is 11.8. The summed E-state index contributed by atoms with van der Waals surface area (Å²) in [5.41, 5.74) is 0.122. The monoisotopic (exact) mass is 290 g/mol. The molecule has 0 saturated carbocycles. The number of rotatable bonds is 6. The summed E-state index contributed by atoms with van der Waals surface area (Å²) in [4.78, 5) is 11.1. The zero-order valence-electron chi connectivity index (χ0n) is 11.3. The van der Waals surface area contributed by atoms with Gasteiger partial charge in [0.2, 0.25) is 10.0 Å². The van der Waals surface area contributed by atoms with Gasteiger partial charge in [-0.05, 0) is 19.8 Å². The molecular weight excluding hydrogens is 272 g/mol. The van der Waals surface area contributed by atoms with Crippen LogP contribution in [-0.2, 0) is 10.0 Å². The molecule has 1 aromatic heterocycles. The topological polar surface area (TPSA) is 110 Å². The number of aromatic carboxylic acids is 1. The van der Waals surface area contributed by atoms with E-state index in [1.807, 2.05) is 0 Å². The SMILES string of the molecule is Cc1noc(C(C)NS(=O)(=O)CC(C)C)c1C(=O)O. The molecule has 0 aromatic carbocycles. The van der Waals surface area contributed by atoms with Gasteiger partial charge in [0.1, 0.15) is 5.56 Å². The summed E-state index contributed by atoms with van der Waals surface area (Å²) >= 11 is 0. The van der Waals surface area contributed by atoms with Crippen molar-refractivity contribution in [3.8, 4) is 0 Å². The molecule has 0 radical (unpaired) electrons. The first kappa shape index (κ1) is 15.6. The molecule has 0 aliphatic carbocycles. The third-order valence-corrected chi connectivity index (χ3v) is 4.22. The second-order valence-electron chi connectivity index (χ2n) is 4.83. The molecule has 0 spiro atoms. The Kier molecular flexibility index (Phi) is 4.70. The van der Waals surface area contributed by atoms with Gasteiger partial charge in [-0.2, -0.15) is 0 Å². The van der Waals surface area contributed by atoms with Crippen molar-refractivity contribution < 1.29 is 22.8 Å². The molecular formula is C11H18N2O5S. The quantitative estimate of drug-likeness (QED) is 0.817. The minimum Gasteiger partial charge on any atom is -0.477 e. The first-order valence-corrected chi connectivity index (χ1v) is 7.48. The van der Waals surface area contributed by atoms with E-state index in [4.69, 9.17) is 9.63 Å². The highest BCUT2D eigenvalue weighted by Gasteiger charge is 2.27. The molecule has 19 heavy (non-hydrogen) atoms. The van der Waals surface area contributed by atoms with Gasteiger partial charge in [-0.15, -0.1) is 0 Å². The highest BCUT2D eigenvalue weighted by atomic mass is 32.2. The Morgan fingerprint density at radius 2 is 2.00 bits per heavy atom. The van der Waals surface area contributed by atoms with Gasteiger partial charge in [0.25, 0.3) is 0 Å². The Morgan fingerprint density at radius 3 is 2.47 bits per heavy atom. The molecule has 1 unspecified atom stereocenters. The van der Waals surface area contributed by atoms with Crippen molar-refractivity contribution in [1.29, 1.82) is 0 Å². The third-order valence-electron chi connectivity index (χ3n) is 2.41. The van der Waals surface area contributed by atoms with Crippen LogP contribution in [-0.4, -0.2) is 30.4 Å². The Labute approximate surface area is 112 Å². The van der Waals surface area contributed by atoms with Gasteiger partial charge in [-0.1, -0.05) is 19.0 Å². The molecule has 1 heterocycles. The number of hydrogen-bond acceptors (Lipinski definition) is 5. The lowest BCUT2D eigenvalue weighted by Crippen LogP contribution is -2.31. The zero-order valence-corrected chi connectivity index (χ0v) is 12.1. The Morgan fingerprint density at radius 1 is 1.42 bits per heavy atom. The fourth-order valence-electron chi connectivity index (χ4n) is 1.75. The average Bonchev–Trinajstić information content (AvgIpc) is 2.56. The fourth-order valence-corrected chi connectivity index (χ4v) is 3.37. The van der Waals surface area contributed by atoms with Crippen molar-refractivity contribution in [2.24, 2.45) is 5.92 Å². The van der Waals surface area contributed by atoms with Gasteiger partial charge in [-0.25, -0.2) is 17.9 Å². The van der Waals surface area contributed by atoms with Crippen LogP contribution in [0.25, 0.3) is 0 Å². The number of carboxylic acid groups (broad SMARTS) is 1. The summed E-state index contributed by atoms with van der Waals surface area (Å²) in [5, 5.41) is 12.6. The Bertz CT molecular complexity index is 562. The number of carbonyl (C=O) groups is 1. The summed E-state index contributed by atoms with van der Waals surface area (Å²) in [6.45, 7) is 6.58. The van der Waals surface area contributed by atoms with Crippen molar-refractivity contribution in [3.63, 3.8) is 0 Å². The van der Waals surface area contributed by atoms with Crippen molar-refractivity contribution in [3.05, 3.63) is 17.0 Å². The highest BCUT2D eigenvalue weighted by molar-refractivity contribution is 7.89. The van der Waals surface area contributed by atoms with Gasteiger partial charge < -0.3 is 9.63 Å². The molecule has 108 valence electrons. The molecule has 7 nitrogen and oxygen atoms in total. The van der Waals surface area contributed by atoms with E-state index in [2.05, 4.69) is 9.88 Å². The van der Waals surface area contributed by atoms with Crippen LogP contribution < -0.4 is 4.72 Å². The number of nitrogens with one attached hydrogen (secondary N) is 1. The van der Waals surface area contributed by atoms with E-state index in [9.17, 15) is 13.2 Å². The number of hydrogen-bond donors (Lipinski definition) is 2. The molecule has 1 aromatic rings. The molecule has 0 amide bonds. The van der Waals surface area contributed by atoms with Crippen LogP contribution in [0.1, 0.15) is 48.6 Å². The number of sulfonamides is 1. The molecule has 1 atom stereocenters. The van der Waals surface area contributed by atoms with Crippen molar-refractivity contribution >= 4 is 16.0 Å². The standard InChI is InChI=1S/C11H18N2O5S/c1-6(2)5-19(16,17)13-8(4)10-9(11(14)15)7(3)12-18-10/h6,8,13H,5H2,1-4H3,(H,14,15). The maximum atomic E-state index is 11.8. The lowest BCUT2D eigenvalue weighted by molar-refractivity contribution is 0.0692. The average molecular weight is 290 g/mol. The van der Waals surface area contributed by atoms with E-state index in [1.54, 1.807) is 13.8 Å². The molecule has 0 fully saturated rings. The van der Waals surface area contributed by atoms with Gasteiger partial charge in [0, 0.05) is 0 Å². The van der Waals surface area contributed by atoms with E-state index in [0.29, 0.717) is 0 Å². The first-order chi connectivity index (χ1) is 8.64. The Balaban J connectivity index is 2.96. The summed E-state index contributed by atoms with van der Waals surface area (Å²) in [5.74, 6) is -1.24. The van der Waals surface area contributed by atoms with Crippen LogP contribution in [0.2, 0.25) is 0 Å². The third kappa shape index (κ3) is 4.03. The van der Waals surface area contributed by atoms with Crippen molar-refractivity contribution in [1.82, 2.24) is 9.88 Å². The van der Waals surface area contributed by atoms with Gasteiger partial charge in [-0.3, -0.25) is 0 Å². The van der Waals surface area contributed by atoms with Crippen LogP contribution in [0.15, 0.2) is 4.52 Å². The smallest absolute Gasteiger partial charge is 0.341 e. The molecule has 0 saturated heterocycles. The first-order valence-electron chi connectivity index (χ1n) is 5.83. The predicted octanol–water partition coefficient (Wildman–Crippen LogP) is 1.32. The lowest BCUT2D eigenvalue weighted by Gasteiger charge is -2.13. The normalized spacial score (nSPS) is 13.7. The van der Waals surface area contributed by atoms with Crippen LogP contribution >= 0.6 is 0 Å². The summed E-state index contributed by atoms with van der Waals surface area (Å²) in [6.07, 6.45) is 0. The van der Waals surface area contributed by atoms with E-state index in [-0.39, 0.29) is 28.7 Å². The van der Waals surface area contributed by atoms with Crippen molar-refractivity contribution in [2.45, 2.75) is 33.7 Å². The number of nitrogens with zero attached hydrogens (tertiary/aromatic N) is 1. The van der Waals surface area contributed by atoms with Crippen LogP contribution in [0.3, 0.4) is 0 Å². The zero-order chi connectivity index (χ0) is 14.8. The molecule has 0 aliphatic rings. The van der Waals surface area contributed by atoms with Gasteiger partial charge >= 0.3 is 5.97 Å².